The smallest absolute Gasteiger partial charge is 0.258 e. The van der Waals surface area contributed by atoms with Crippen LogP contribution in [0.4, 0.5) is 0 Å². The topological polar surface area (TPSA) is 70.7 Å². The first-order chi connectivity index (χ1) is 15.0. The first-order valence-corrected chi connectivity index (χ1v) is 11.0. The molecule has 0 saturated carbocycles. The number of para-hydroxylation sites is 1. The Labute approximate surface area is 185 Å². The van der Waals surface area contributed by atoms with Crippen LogP contribution in [0.15, 0.2) is 54.6 Å². The number of nitrogens with one attached hydrogen (secondary N) is 2. The summed E-state index contributed by atoms with van der Waals surface area (Å²) < 4.78 is 5.38. The summed E-state index contributed by atoms with van der Waals surface area (Å²) in [7, 11) is 0. The molecule has 1 heterocycles. The Kier molecular flexibility index (Phi) is 8.47. The van der Waals surface area contributed by atoms with Crippen LogP contribution in [-0.4, -0.2) is 43.0 Å². The van der Waals surface area contributed by atoms with Crippen molar-refractivity contribution in [2.24, 2.45) is 11.8 Å². The lowest BCUT2D eigenvalue weighted by molar-refractivity contribution is -0.127. The van der Waals surface area contributed by atoms with E-state index in [4.69, 9.17) is 4.74 Å². The Morgan fingerprint density at radius 3 is 2.26 bits per heavy atom. The summed E-state index contributed by atoms with van der Waals surface area (Å²) in [5.74, 6) is 1.50. The highest BCUT2D eigenvalue weighted by molar-refractivity contribution is 5.85. The minimum absolute atomic E-state index is 0.0691. The van der Waals surface area contributed by atoms with E-state index in [0.717, 1.165) is 25.2 Å². The molecule has 0 aliphatic carbocycles. The van der Waals surface area contributed by atoms with E-state index in [1.165, 1.54) is 12.0 Å². The summed E-state index contributed by atoms with van der Waals surface area (Å²) in [6, 6.07) is 17.3. The molecule has 31 heavy (non-hydrogen) atoms. The minimum atomic E-state index is -0.326. The molecule has 0 spiro atoms. The highest BCUT2D eigenvalue weighted by Gasteiger charge is 2.22. The predicted molar refractivity (Wildman–Crippen MR) is 121 cm³/mol. The van der Waals surface area contributed by atoms with E-state index in [1.54, 1.807) is 12.1 Å². The molecule has 6 nitrogen and oxygen atoms in total. The third-order valence-corrected chi connectivity index (χ3v) is 5.49. The summed E-state index contributed by atoms with van der Waals surface area (Å²) in [6.45, 7) is 8.01. The van der Waals surface area contributed by atoms with Gasteiger partial charge in [-0.05, 0) is 41.5 Å². The van der Waals surface area contributed by atoms with Crippen LogP contribution in [0.3, 0.4) is 0 Å². The number of carbonyl (C=O) groups is 2. The Morgan fingerprint density at radius 1 is 0.903 bits per heavy atom. The first-order valence-electron chi connectivity index (χ1n) is 11.0. The van der Waals surface area contributed by atoms with Crippen LogP contribution in [0.25, 0.3) is 0 Å². The summed E-state index contributed by atoms with van der Waals surface area (Å²) >= 11 is 0. The third kappa shape index (κ3) is 7.72. The van der Waals surface area contributed by atoms with Crippen LogP contribution in [0.2, 0.25) is 0 Å². The van der Waals surface area contributed by atoms with Crippen molar-refractivity contribution in [3.8, 4) is 5.75 Å². The highest BCUT2D eigenvalue weighted by Crippen LogP contribution is 2.23. The van der Waals surface area contributed by atoms with Crippen LogP contribution in [0.5, 0.6) is 5.75 Å². The second kappa shape index (κ2) is 11.5. The Hall–Kier alpha value is -2.86. The largest absolute Gasteiger partial charge is 0.484 e. The number of hydrogen-bond donors (Lipinski definition) is 2. The molecule has 2 unspecified atom stereocenters. The van der Waals surface area contributed by atoms with Crippen molar-refractivity contribution in [1.82, 2.24) is 15.5 Å². The molecule has 1 saturated heterocycles. The summed E-state index contributed by atoms with van der Waals surface area (Å²) in [5, 5.41) is 5.51. The van der Waals surface area contributed by atoms with Crippen molar-refractivity contribution < 1.29 is 14.3 Å². The molecule has 166 valence electrons. The average Bonchev–Trinajstić information content (AvgIpc) is 2.75. The molecule has 3 rings (SSSR count). The maximum absolute atomic E-state index is 12.2. The number of amides is 2. The van der Waals surface area contributed by atoms with E-state index in [9.17, 15) is 9.59 Å². The van der Waals surface area contributed by atoms with Crippen LogP contribution >= 0.6 is 0 Å². The van der Waals surface area contributed by atoms with Gasteiger partial charge in [0.25, 0.3) is 5.91 Å². The molecular weight excluding hydrogens is 390 g/mol. The van der Waals surface area contributed by atoms with Gasteiger partial charge in [-0.25, -0.2) is 0 Å². The number of hydrogen-bond acceptors (Lipinski definition) is 4. The Morgan fingerprint density at radius 2 is 1.55 bits per heavy atom. The Balaban J connectivity index is 1.42. The lowest BCUT2D eigenvalue weighted by Crippen LogP contribution is -2.39. The first kappa shape index (κ1) is 22.8. The molecule has 1 aliphatic rings. The number of benzene rings is 2. The van der Waals surface area contributed by atoms with E-state index >= 15 is 0 Å². The van der Waals surface area contributed by atoms with Gasteiger partial charge in [-0.2, -0.15) is 0 Å². The van der Waals surface area contributed by atoms with Crippen molar-refractivity contribution in [2.75, 3.05) is 26.2 Å². The van der Waals surface area contributed by atoms with Gasteiger partial charge in [0.1, 0.15) is 5.75 Å². The number of ether oxygens (including phenoxy) is 1. The molecule has 1 fully saturated rings. The van der Waals surface area contributed by atoms with Crippen LogP contribution in [0.1, 0.15) is 31.4 Å². The molecule has 2 aromatic carbocycles. The third-order valence-electron chi connectivity index (χ3n) is 5.49. The van der Waals surface area contributed by atoms with Crippen LogP contribution in [0, 0.1) is 11.8 Å². The zero-order valence-electron chi connectivity index (χ0n) is 18.5. The lowest BCUT2D eigenvalue weighted by Gasteiger charge is -2.35. The van der Waals surface area contributed by atoms with Crippen LogP contribution in [-0.2, 0) is 22.7 Å². The fourth-order valence-corrected chi connectivity index (χ4v) is 4.20. The van der Waals surface area contributed by atoms with Gasteiger partial charge < -0.3 is 15.4 Å². The van der Waals surface area contributed by atoms with E-state index in [1.807, 2.05) is 30.3 Å². The van der Waals surface area contributed by atoms with E-state index < -0.39 is 0 Å². The quantitative estimate of drug-likeness (QED) is 0.651. The second-order valence-corrected chi connectivity index (χ2v) is 8.56. The summed E-state index contributed by atoms with van der Waals surface area (Å²) in [6.07, 6.45) is 1.29. The maximum atomic E-state index is 12.2. The summed E-state index contributed by atoms with van der Waals surface area (Å²) in [4.78, 5) is 26.6. The molecule has 1 aliphatic heterocycles. The van der Waals surface area contributed by atoms with Crippen molar-refractivity contribution in [3.05, 3.63) is 65.7 Å². The molecule has 0 bridgehead atoms. The van der Waals surface area contributed by atoms with Crippen molar-refractivity contribution in [2.45, 2.75) is 33.4 Å². The zero-order valence-corrected chi connectivity index (χ0v) is 18.5. The number of rotatable bonds is 9. The van der Waals surface area contributed by atoms with E-state index in [0.29, 0.717) is 24.1 Å². The highest BCUT2D eigenvalue weighted by atomic mass is 16.5. The molecular formula is C25H33N3O3. The zero-order chi connectivity index (χ0) is 22.1. The molecule has 2 N–H and O–H groups in total. The van der Waals surface area contributed by atoms with Crippen molar-refractivity contribution in [1.29, 1.82) is 0 Å². The van der Waals surface area contributed by atoms with Crippen LogP contribution < -0.4 is 15.4 Å². The monoisotopic (exact) mass is 423 g/mol. The molecule has 0 radical (unpaired) electrons. The number of piperidine rings is 1. The van der Waals surface area contributed by atoms with Gasteiger partial charge in [0.15, 0.2) is 6.61 Å². The van der Waals surface area contributed by atoms with Gasteiger partial charge in [0.05, 0.1) is 6.54 Å². The molecule has 2 aromatic rings. The normalized spacial score (nSPS) is 18.9. The van der Waals surface area contributed by atoms with Gasteiger partial charge in [-0.15, -0.1) is 0 Å². The molecule has 2 atom stereocenters. The molecule has 2 amide bonds. The molecule has 6 heteroatoms. The predicted octanol–water partition coefficient (Wildman–Crippen LogP) is 2.98. The lowest BCUT2D eigenvalue weighted by atomic mass is 9.91. The van der Waals surface area contributed by atoms with E-state index in [2.05, 4.69) is 41.5 Å². The van der Waals surface area contributed by atoms with E-state index in [-0.39, 0.29) is 25.0 Å². The van der Waals surface area contributed by atoms with Gasteiger partial charge in [0.2, 0.25) is 5.91 Å². The number of nitrogens with zero attached hydrogens (tertiary/aromatic N) is 1. The van der Waals surface area contributed by atoms with Gasteiger partial charge in [-0.3, -0.25) is 14.5 Å². The van der Waals surface area contributed by atoms with Gasteiger partial charge in [0, 0.05) is 26.2 Å². The van der Waals surface area contributed by atoms with Crippen molar-refractivity contribution in [3.63, 3.8) is 0 Å². The fraction of sp³-hybridized carbons (Fsp3) is 0.440. The average molecular weight is 424 g/mol. The minimum Gasteiger partial charge on any atom is -0.484 e. The number of carbonyl (C=O) groups excluding carboxylic acids is 2. The standard InChI is InChI=1S/C25H33N3O3/c1-19-12-20(2)16-28(15-19)17-22-9-7-6-8-21(22)13-26-24(29)14-27-25(30)18-31-23-10-4-3-5-11-23/h3-11,19-20H,12-18H2,1-2H3,(H,26,29)(H,27,30). The number of likely N-dealkylation sites (tertiary alicyclic amines) is 1. The van der Waals surface area contributed by atoms with Gasteiger partial charge >= 0.3 is 0 Å². The summed E-state index contributed by atoms with van der Waals surface area (Å²) in [5.41, 5.74) is 2.35. The second-order valence-electron chi connectivity index (χ2n) is 8.56. The fourth-order valence-electron chi connectivity index (χ4n) is 4.20. The van der Waals surface area contributed by atoms with Gasteiger partial charge in [-0.1, -0.05) is 56.3 Å². The SMILES string of the molecule is CC1CC(C)CN(Cc2ccccc2CNC(=O)CNC(=O)COc2ccccc2)C1. The Bertz CT molecular complexity index is 846. The molecule has 0 aromatic heterocycles. The maximum Gasteiger partial charge on any atom is 0.258 e. The van der Waals surface area contributed by atoms with Crippen molar-refractivity contribution >= 4 is 11.8 Å².